The lowest BCUT2D eigenvalue weighted by Gasteiger charge is -2.24. The first-order valence-electron chi connectivity index (χ1n) is 11.4. The zero-order valence-electron chi connectivity index (χ0n) is 19.9. The van der Waals surface area contributed by atoms with Crippen LogP contribution in [0.1, 0.15) is 53.1 Å². The van der Waals surface area contributed by atoms with Crippen LogP contribution in [-0.4, -0.2) is 49.5 Å². The van der Waals surface area contributed by atoms with Gasteiger partial charge in [-0.05, 0) is 63.4 Å². The third kappa shape index (κ3) is 3.94. The summed E-state index contributed by atoms with van der Waals surface area (Å²) in [5.41, 5.74) is 10.8. The molecule has 1 fully saturated rings. The molecule has 1 unspecified atom stereocenters. The van der Waals surface area contributed by atoms with Crippen molar-refractivity contribution in [2.45, 2.75) is 45.3 Å². The van der Waals surface area contributed by atoms with Gasteiger partial charge >= 0.3 is 0 Å². The van der Waals surface area contributed by atoms with E-state index >= 15 is 0 Å². The zero-order chi connectivity index (χ0) is 24.2. The number of hydrogen-bond acceptors (Lipinski definition) is 6. The number of amides is 1. The highest BCUT2D eigenvalue weighted by Gasteiger charge is 2.33. The van der Waals surface area contributed by atoms with Gasteiger partial charge in [-0.25, -0.2) is 9.97 Å². The first kappa shape index (κ1) is 22.2. The molecule has 3 heterocycles. The number of nitrogen functional groups attached to an aromatic ring is 1. The van der Waals surface area contributed by atoms with Crippen molar-refractivity contribution in [3.63, 3.8) is 0 Å². The summed E-state index contributed by atoms with van der Waals surface area (Å²) in [4.78, 5) is 23.8. The number of rotatable bonds is 2. The summed E-state index contributed by atoms with van der Waals surface area (Å²) in [6.07, 6.45) is 3.71. The Balaban J connectivity index is 0.000000429. The number of fused-ring (bicyclic) bond motifs is 4. The van der Waals surface area contributed by atoms with Crippen LogP contribution in [0, 0.1) is 13.8 Å². The monoisotopic (exact) mass is 459 g/mol. The second-order valence-corrected chi connectivity index (χ2v) is 9.51. The fraction of sp³-hybridized carbons (Fsp3) is 0.346. The summed E-state index contributed by atoms with van der Waals surface area (Å²) in [6.45, 7) is 6.24. The number of carbonyl (C=O) groups is 1. The molecule has 0 bridgehead atoms. The van der Waals surface area contributed by atoms with E-state index in [9.17, 15) is 4.79 Å². The molecule has 176 valence electrons. The second-order valence-electron chi connectivity index (χ2n) is 9.51. The lowest BCUT2D eigenvalue weighted by Crippen LogP contribution is -2.32. The maximum absolute atomic E-state index is 13.3. The number of ether oxygens (including phenoxy) is 1. The summed E-state index contributed by atoms with van der Waals surface area (Å²) in [5, 5.41) is 8.63. The van der Waals surface area contributed by atoms with E-state index in [1.807, 2.05) is 62.6 Å². The Morgan fingerprint density at radius 2 is 1.94 bits per heavy atom. The molecule has 0 radical (unpaired) electrons. The van der Waals surface area contributed by atoms with E-state index in [0.29, 0.717) is 18.0 Å². The van der Waals surface area contributed by atoms with Crippen molar-refractivity contribution in [2.24, 2.45) is 0 Å². The lowest BCUT2D eigenvalue weighted by atomic mass is 10.0. The summed E-state index contributed by atoms with van der Waals surface area (Å²) in [6, 6.07) is 11.5. The Kier molecular flexibility index (Phi) is 5.20. The van der Waals surface area contributed by atoms with Gasteiger partial charge in [-0.3, -0.25) is 9.20 Å². The standard InChI is InChI=1S/C22H21N5O2.C4H8O/c1-12-4-6-15-19(11-29-20(15)8-12)26(3)22(28)14-5-7-16-17(9-14)27-13(2)24-10-18(27)21(23)25-16;1-4(5)2-3-4/h4-10,19H,11H2,1-3H3,(H2,23,25);5H,2-3H2,1H3. The van der Waals surface area contributed by atoms with Crippen molar-refractivity contribution >= 4 is 28.3 Å². The Morgan fingerprint density at radius 3 is 2.65 bits per heavy atom. The molecule has 8 nitrogen and oxygen atoms in total. The number of likely N-dealkylation sites (N-methyl/N-ethyl adjacent to an activating group) is 1. The molecule has 1 aliphatic heterocycles. The van der Waals surface area contributed by atoms with Gasteiger partial charge in [0.1, 0.15) is 29.5 Å². The van der Waals surface area contributed by atoms with Crippen LogP contribution in [0.4, 0.5) is 5.82 Å². The van der Waals surface area contributed by atoms with Crippen LogP contribution in [0.15, 0.2) is 42.6 Å². The molecule has 0 spiro atoms. The summed E-state index contributed by atoms with van der Waals surface area (Å²) in [5.74, 6) is 2.00. The van der Waals surface area contributed by atoms with Gasteiger partial charge in [-0.2, -0.15) is 0 Å². The Bertz CT molecular complexity index is 1420. The molecular formula is C26H29N5O3. The van der Waals surface area contributed by atoms with E-state index < -0.39 is 0 Å². The van der Waals surface area contributed by atoms with Crippen LogP contribution >= 0.6 is 0 Å². The molecule has 2 aromatic carbocycles. The Morgan fingerprint density at radius 1 is 1.21 bits per heavy atom. The molecule has 0 saturated heterocycles. The van der Waals surface area contributed by atoms with Gasteiger partial charge in [0.2, 0.25) is 0 Å². The third-order valence-corrected chi connectivity index (χ3v) is 6.59. The number of hydrogen-bond donors (Lipinski definition) is 2. The minimum Gasteiger partial charge on any atom is -0.491 e. The molecule has 3 N–H and O–H groups in total. The summed E-state index contributed by atoms with van der Waals surface area (Å²) >= 11 is 0. The Hall–Kier alpha value is -3.65. The second kappa shape index (κ2) is 7.99. The van der Waals surface area contributed by atoms with Gasteiger partial charge in [0.05, 0.1) is 28.9 Å². The molecule has 4 aromatic rings. The van der Waals surface area contributed by atoms with E-state index in [1.165, 1.54) is 0 Å². The number of anilines is 1. The summed E-state index contributed by atoms with van der Waals surface area (Å²) < 4.78 is 7.75. The minimum atomic E-state index is -0.250. The van der Waals surface area contributed by atoms with Crippen molar-refractivity contribution in [1.29, 1.82) is 0 Å². The topological polar surface area (TPSA) is 106 Å². The molecule has 1 atom stereocenters. The predicted octanol–water partition coefficient (Wildman–Crippen LogP) is 3.82. The third-order valence-electron chi connectivity index (χ3n) is 6.59. The van der Waals surface area contributed by atoms with Crippen LogP contribution in [0.3, 0.4) is 0 Å². The van der Waals surface area contributed by atoms with Crippen molar-refractivity contribution in [3.05, 3.63) is 65.1 Å². The average molecular weight is 460 g/mol. The fourth-order valence-electron chi connectivity index (χ4n) is 4.19. The van der Waals surface area contributed by atoms with Crippen molar-refractivity contribution in [1.82, 2.24) is 19.3 Å². The van der Waals surface area contributed by atoms with Crippen molar-refractivity contribution < 1.29 is 14.6 Å². The number of aliphatic hydroxyl groups is 1. The van der Waals surface area contributed by atoms with E-state index in [4.69, 9.17) is 15.6 Å². The first-order valence-corrected chi connectivity index (χ1v) is 11.4. The largest absolute Gasteiger partial charge is 0.491 e. The normalized spacial score (nSPS) is 17.6. The fourth-order valence-corrected chi connectivity index (χ4v) is 4.19. The maximum atomic E-state index is 13.3. The zero-order valence-corrected chi connectivity index (χ0v) is 19.9. The number of benzene rings is 2. The van der Waals surface area contributed by atoms with Gasteiger partial charge in [0.25, 0.3) is 5.91 Å². The number of carbonyl (C=O) groups excluding carboxylic acids is 1. The number of imidazole rings is 1. The maximum Gasteiger partial charge on any atom is 0.254 e. The minimum absolute atomic E-state index is 0.0725. The van der Waals surface area contributed by atoms with Gasteiger partial charge in [0, 0.05) is 18.2 Å². The molecular weight excluding hydrogens is 430 g/mol. The van der Waals surface area contributed by atoms with E-state index in [0.717, 1.165) is 52.1 Å². The predicted molar refractivity (Wildman–Crippen MR) is 131 cm³/mol. The molecule has 1 aliphatic carbocycles. The van der Waals surface area contributed by atoms with E-state index in [2.05, 4.69) is 9.97 Å². The SMILES string of the molecule is CC1(O)CC1.Cc1ccc2c(c1)OCC2N(C)C(=O)c1ccc2nc(N)c3cnc(C)n3c2c1. The average Bonchev–Trinajstić information content (AvgIpc) is 3.18. The smallest absolute Gasteiger partial charge is 0.254 e. The van der Waals surface area contributed by atoms with Crippen LogP contribution in [0.5, 0.6) is 5.75 Å². The van der Waals surface area contributed by atoms with Gasteiger partial charge in [0.15, 0.2) is 0 Å². The molecule has 1 amide bonds. The highest BCUT2D eigenvalue weighted by atomic mass is 16.5. The van der Waals surface area contributed by atoms with Gasteiger partial charge < -0.3 is 20.5 Å². The van der Waals surface area contributed by atoms with Crippen molar-refractivity contribution in [3.8, 4) is 5.75 Å². The molecule has 2 aromatic heterocycles. The molecule has 2 aliphatic rings. The summed E-state index contributed by atoms with van der Waals surface area (Å²) in [7, 11) is 1.81. The molecule has 34 heavy (non-hydrogen) atoms. The van der Waals surface area contributed by atoms with Crippen LogP contribution in [0.25, 0.3) is 16.6 Å². The van der Waals surface area contributed by atoms with E-state index in [-0.39, 0.29) is 17.6 Å². The lowest BCUT2D eigenvalue weighted by molar-refractivity contribution is 0.0708. The molecule has 8 heteroatoms. The molecule has 6 rings (SSSR count). The van der Waals surface area contributed by atoms with Crippen LogP contribution in [-0.2, 0) is 0 Å². The van der Waals surface area contributed by atoms with E-state index in [1.54, 1.807) is 17.2 Å². The van der Waals surface area contributed by atoms with Crippen molar-refractivity contribution in [2.75, 3.05) is 19.4 Å². The highest BCUT2D eigenvalue weighted by molar-refractivity contribution is 5.98. The highest BCUT2D eigenvalue weighted by Crippen LogP contribution is 2.37. The van der Waals surface area contributed by atoms with Crippen LogP contribution < -0.4 is 10.5 Å². The van der Waals surface area contributed by atoms with Gasteiger partial charge in [-0.1, -0.05) is 12.1 Å². The van der Waals surface area contributed by atoms with Gasteiger partial charge in [-0.15, -0.1) is 0 Å². The first-order chi connectivity index (χ1) is 16.1. The Labute approximate surface area is 198 Å². The quantitative estimate of drug-likeness (QED) is 0.472. The number of nitrogens with zero attached hydrogens (tertiary/aromatic N) is 4. The van der Waals surface area contributed by atoms with Crippen LogP contribution in [0.2, 0.25) is 0 Å². The number of aromatic nitrogens is 3. The molecule has 1 saturated carbocycles. The number of aryl methyl sites for hydroxylation is 2. The number of nitrogens with two attached hydrogens (primary N) is 1.